The molecule has 0 N–H and O–H groups in total. The Kier molecular flexibility index (Phi) is 5.59. The highest BCUT2D eigenvalue weighted by atomic mass is 32.1. The van der Waals surface area contributed by atoms with E-state index >= 15 is 0 Å². The maximum Gasteiger partial charge on any atom is 0.205 e. The van der Waals surface area contributed by atoms with Gasteiger partial charge in [0, 0.05) is 61.7 Å². The SMILES string of the molecule is Cc1ccc(-c2nsc(N3CCN(CCc4ccc(F)c(F)c4)CC3)n2)cn1. The summed E-state index contributed by atoms with van der Waals surface area (Å²) in [6.07, 6.45) is 2.51. The average Bonchev–Trinajstić information content (AvgIpc) is 3.20. The second-order valence-electron chi connectivity index (χ2n) is 6.92. The Morgan fingerprint density at radius 1 is 1.04 bits per heavy atom. The summed E-state index contributed by atoms with van der Waals surface area (Å²) in [5.74, 6) is -0.860. The minimum absolute atomic E-state index is 0.709. The normalized spacial score (nSPS) is 15.2. The predicted molar refractivity (Wildman–Crippen MR) is 107 cm³/mol. The molecule has 0 bridgehead atoms. The van der Waals surface area contributed by atoms with Crippen molar-refractivity contribution in [3.63, 3.8) is 0 Å². The Labute approximate surface area is 166 Å². The first-order valence-corrected chi connectivity index (χ1v) is 10.0. The van der Waals surface area contributed by atoms with Gasteiger partial charge in [-0.2, -0.15) is 9.36 Å². The van der Waals surface area contributed by atoms with Crippen molar-refractivity contribution in [2.75, 3.05) is 37.6 Å². The second kappa shape index (κ2) is 8.28. The van der Waals surface area contributed by atoms with E-state index in [9.17, 15) is 8.78 Å². The molecule has 0 amide bonds. The Morgan fingerprint density at radius 3 is 2.57 bits per heavy atom. The molecule has 0 aliphatic carbocycles. The van der Waals surface area contributed by atoms with Gasteiger partial charge in [0.05, 0.1) is 0 Å². The van der Waals surface area contributed by atoms with Crippen molar-refractivity contribution < 1.29 is 8.78 Å². The van der Waals surface area contributed by atoms with E-state index in [0.717, 1.165) is 54.7 Å². The lowest BCUT2D eigenvalue weighted by Gasteiger charge is -2.34. The first kappa shape index (κ1) is 18.9. The van der Waals surface area contributed by atoms with Crippen LogP contribution in [0.25, 0.3) is 11.4 Å². The van der Waals surface area contributed by atoms with Crippen molar-refractivity contribution in [2.24, 2.45) is 0 Å². The zero-order valence-electron chi connectivity index (χ0n) is 15.6. The number of piperazine rings is 1. The number of hydrogen-bond donors (Lipinski definition) is 0. The Balaban J connectivity index is 1.30. The lowest BCUT2D eigenvalue weighted by atomic mass is 10.1. The summed E-state index contributed by atoms with van der Waals surface area (Å²) in [4.78, 5) is 13.6. The fourth-order valence-corrected chi connectivity index (χ4v) is 3.95. The monoisotopic (exact) mass is 401 g/mol. The van der Waals surface area contributed by atoms with E-state index in [0.29, 0.717) is 12.2 Å². The molecule has 1 aliphatic heterocycles. The van der Waals surface area contributed by atoms with Gasteiger partial charge in [-0.25, -0.2) is 8.78 Å². The Hall–Kier alpha value is -2.45. The molecule has 0 radical (unpaired) electrons. The molecule has 3 aromatic rings. The number of nitrogens with zero attached hydrogens (tertiary/aromatic N) is 5. The van der Waals surface area contributed by atoms with Gasteiger partial charge in [0.1, 0.15) is 0 Å². The summed E-state index contributed by atoms with van der Waals surface area (Å²) in [5, 5.41) is 0.927. The lowest BCUT2D eigenvalue weighted by Crippen LogP contribution is -2.47. The third kappa shape index (κ3) is 4.34. The zero-order chi connectivity index (χ0) is 19.5. The van der Waals surface area contributed by atoms with Gasteiger partial charge >= 0.3 is 0 Å². The molecule has 0 atom stereocenters. The van der Waals surface area contributed by atoms with Crippen LogP contribution < -0.4 is 4.90 Å². The summed E-state index contributed by atoms with van der Waals surface area (Å²) < 4.78 is 30.8. The molecular formula is C20H21F2N5S. The van der Waals surface area contributed by atoms with E-state index in [1.54, 1.807) is 12.3 Å². The van der Waals surface area contributed by atoms with Crippen molar-refractivity contribution in [3.8, 4) is 11.4 Å². The van der Waals surface area contributed by atoms with Crippen molar-refractivity contribution in [2.45, 2.75) is 13.3 Å². The van der Waals surface area contributed by atoms with E-state index < -0.39 is 11.6 Å². The summed E-state index contributed by atoms with van der Waals surface area (Å²) in [6, 6.07) is 8.08. The number of pyridine rings is 1. The van der Waals surface area contributed by atoms with Crippen LogP contribution in [0.1, 0.15) is 11.3 Å². The molecule has 1 fully saturated rings. The molecule has 0 saturated carbocycles. The van der Waals surface area contributed by atoms with Crippen LogP contribution in [0.4, 0.5) is 13.9 Å². The van der Waals surface area contributed by atoms with Crippen LogP contribution in [0.2, 0.25) is 0 Å². The average molecular weight is 401 g/mol. The lowest BCUT2D eigenvalue weighted by molar-refractivity contribution is 0.261. The number of halogens is 2. The van der Waals surface area contributed by atoms with Crippen LogP contribution in [0.15, 0.2) is 36.5 Å². The van der Waals surface area contributed by atoms with E-state index in [1.807, 2.05) is 19.1 Å². The van der Waals surface area contributed by atoms with Crippen LogP contribution in [0.5, 0.6) is 0 Å². The molecule has 4 rings (SSSR count). The maximum absolute atomic E-state index is 13.3. The second-order valence-corrected chi connectivity index (χ2v) is 7.65. The molecule has 2 aromatic heterocycles. The van der Waals surface area contributed by atoms with Crippen LogP contribution in [0, 0.1) is 18.6 Å². The van der Waals surface area contributed by atoms with Crippen molar-refractivity contribution in [1.29, 1.82) is 0 Å². The summed E-state index contributed by atoms with van der Waals surface area (Å²) in [7, 11) is 0. The molecular weight excluding hydrogens is 380 g/mol. The van der Waals surface area contributed by atoms with Crippen LogP contribution in [0.3, 0.4) is 0 Å². The van der Waals surface area contributed by atoms with Gasteiger partial charge in [0.25, 0.3) is 0 Å². The van der Waals surface area contributed by atoms with Crippen LogP contribution >= 0.6 is 11.5 Å². The number of anilines is 1. The quantitative estimate of drug-likeness (QED) is 0.654. The summed E-state index contributed by atoms with van der Waals surface area (Å²) in [6.45, 7) is 6.34. The predicted octanol–water partition coefficient (Wildman–Crippen LogP) is 3.55. The van der Waals surface area contributed by atoms with Crippen LogP contribution in [-0.4, -0.2) is 52.0 Å². The standard InChI is InChI=1S/C20H21F2N5S/c1-14-2-4-16(13-23-14)19-24-20(28-25-19)27-10-8-26(9-11-27)7-6-15-3-5-17(21)18(22)12-15/h2-5,12-13H,6-11H2,1H3. The van der Waals surface area contributed by atoms with E-state index in [-0.39, 0.29) is 0 Å². The first-order valence-electron chi connectivity index (χ1n) is 9.26. The fraction of sp³-hybridized carbons (Fsp3) is 0.350. The van der Waals surface area contributed by atoms with Gasteiger partial charge in [-0.1, -0.05) is 6.07 Å². The molecule has 1 aromatic carbocycles. The molecule has 1 saturated heterocycles. The van der Waals surface area contributed by atoms with Gasteiger partial charge in [-0.15, -0.1) is 0 Å². The van der Waals surface area contributed by atoms with Gasteiger partial charge in [0.2, 0.25) is 5.13 Å². The molecule has 146 valence electrons. The Bertz CT molecular complexity index is 936. The van der Waals surface area contributed by atoms with E-state index in [4.69, 9.17) is 0 Å². The van der Waals surface area contributed by atoms with E-state index in [1.165, 1.54) is 23.7 Å². The largest absolute Gasteiger partial charge is 0.344 e. The number of rotatable bonds is 5. The molecule has 0 unspecified atom stereocenters. The highest BCUT2D eigenvalue weighted by Crippen LogP contribution is 2.24. The third-order valence-electron chi connectivity index (χ3n) is 4.93. The summed E-state index contributed by atoms with van der Waals surface area (Å²) >= 11 is 1.41. The van der Waals surface area contributed by atoms with E-state index in [2.05, 4.69) is 24.1 Å². The van der Waals surface area contributed by atoms with Gasteiger partial charge in [0.15, 0.2) is 17.5 Å². The maximum atomic E-state index is 13.3. The van der Waals surface area contributed by atoms with Crippen LogP contribution in [-0.2, 0) is 6.42 Å². The van der Waals surface area contributed by atoms with Gasteiger partial charge in [-0.3, -0.25) is 9.88 Å². The summed E-state index contributed by atoms with van der Waals surface area (Å²) in [5.41, 5.74) is 2.72. The number of aromatic nitrogens is 3. The zero-order valence-corrected chi connectivity index (χ0v) is 16.4. The van der Waals surface area contributed by atoms with Gasteiger partial charge < -0.3 is 4.90 Å². The molecule has 5 nitrogen and oxygen atoms in total. The minimum atomic E-state index is -0.796. The number of benzene rings is 1. The highest BCUT2D eigenvalue weighted by molar-refractivity contribution is 7.09. The topological polar surface area (TPSA) is 45.2 Å². The molecule has 1 aliphatic rings. The Morgan fingerprint density at radius 2 is 1.86 bits per heavy atom. The first-order chi connectivity index (χ1) is 13.6. The molecule has 0 spiro atoms. The molecule has 3 heterocycles. The minimum Gasteiger partial charge on any atom is -0.344 e. The highest BCUT2D eigenvalue weighted by Gasteiger charge is 2.20. The smallest absolute Gasteiger partial charge is 0.205 e. The fourth-order valence-electron chi connectivity index (χ4n) is 3.21. The third-order valence-corrected chi connectivity index (χ3v) is 5.71. The molecule has 28 heavy (non-hydrogen) atoms. The van der Waals surface area contributed by atoms with Crippen molar-refractivity contribution in [3.05, 3.63) is 59.4 Å². The van der Waals surface area contributed by atoms with Gasteiger partial charge in [-0.05, 0) is 43.2 Å². The number of hydrogen-bond acceptors (Lipinski definition) is 6. The van der Waals surface area contributed by atoms with Crippen molar-refractivity contribution in [1.82, 2.24) is 19.2 Å². The van der Waals surface area contributed by atoms with Crippen molar-refractivity contribution >= 4 is 16.7 Å². The number of aryl methyl sites for hydroxylation is 1. The molecule has 8 heteroatoms.